The summed E-state index contributed by atoms with van der Waals surface area (Å²) in [5.41, 5.74) is 2.81. The zero-order valence-electron chi connectivity index (χ0n) is 13.4. The van der Waals surface area contributed by atoms with Crippen LogP contribution in [0.5, 0.6) is 0 Å². The predicted octanol–water partition coefficient (Wildman–Crippen LogP) is 4.13. The molecular weight excluding hydrogens is 244 g/mol. The number of para-hydroxylation sites is 1. The molecule has 1 aliphatic rings. The van der Waals surface area contributed by atoms with Crippen molar-refractivity contribution in [1.82, 2.24) is 5.32 Å². The van der Waals surface area contributed by atoms with E-state index in [0.717, 1.165) is 6.54 Å². The molecule has 1 fully saturated rings. The van der Waals surface area contributed by atoms with E-state index in [4.69, 9.17) is 0 Å². The van der Waals surface area contributed by atoms with Crippen molar-refractivity contribution in [3.8, 4) is 0 Å². The van der Waals surface area contributed by atoms with Gasteiger partial charge in [0.15, 0.2) is 0 Å². The third-order valence-corrected chi connectivity index (χ3v) is 4.77. The molecule has 1 aromatic carbocycles. The maximum Gasteiger partial charge on any atom is 0.0443 e. The van der Waals surface area contributed by atoms with Crippen LogP contribution >= 0.6 is 0 Å². The Morgan fingerprint density at radius 2 is 1.80 bits per heavy atom. The molecule has 20 heavy (non-hydrogen) atoms. The third-order valence-electron chi connectivity index (χ3n) is 4.77. The summed E-state index contributed by atoms with van der Waals surface area (Å²) in [6.07, 6.45) is 8.16. The smallest absolute Gasteiger partial charge is 0.0443 e. The number of nitrogens with zero attached hydrogens (tertiary/aromatic N) is 1. The van der Waals surface area contributed by atoms with Crippen LogP contribution in [0.1, 0.15) is 51.0 Å². The fraction of sp³-hybridized carbons (Fsp3) is 0.667. The van der Waals surface area contributed by atoms with E-state index in [1.807, 2.05) is 0 Å². The van der Waals surface area contributed by atoms with Crippen LogP contribution in [0.15, 0.2) is 24.3 Å². The number of rotatable bonds is 4. The molecule has 2 nitrogen and oxygen atoms in total. The summed E-state index contributed by atoms with van der Waals surface area (Å²) in [4.78, 5) is 2.63. The Kier molecular flexibility index (Phi) is 5.90. The van der Waals surface area contributed by atoms with Gasteiger partial charge in [-0.2, -0.15) is 0 Å². The highest BCUT2D eigenvalue weighted by Gasteiger charge is 2.27. The van der Waals surface area contributed by atoms with Crippen LogP contribution in [0.2, 0.25) is 0 Å². The van der Waals surface area contributed by atoms with Gasteiger partial charge in [0.25, 0.3) is 0 Å². The highest BCUT2D eigenvalue weighted by atomic mass is 15.2. The van der Waals surface area contributed by atoms with Crippen LogP contribution in [0.25, 0.3) is 0 Å². The number of aryl methyl sites for hydroxylation is 1. The molecule has 2 heteroatoms. The lowest BCUT2D eigenvalue weighted by molar-refractivity contribution is 0.348. The lowest BCUT2D eigenvalue weighted by atomic mass is 9.90. The second-order valence-electron chi connectivity index (χ2n) is 6.03. The quantitative estimate of drug-likeness (QED) is 0.888. The molecule has 0 saturated heterocycles. The summed E-state index contributed by atoms with van der Waals surface area (Å²) in [7, 11) is 2.13. The van der Waals surface area contributed by atoms with Gasteiger partial charge in [-0.3, -0.25) is 0 Å². The summed E-state index contributed by atoms with van der Waals surface area (Å²) >= 11 is 0. The Morgan fingerprint density at radius 3 is 2.45 bits per heavy atom. The first-order valence-corrected chi connectivity index (χ1v) is 8.27. The van der Waals surface area contributed by atoms with Crippen molar-refractivity contribution < 1.29 is 0 Å². The molecule has 1 N–H and O–H groups in total. The largest absolute Gasteiger partial charge is 0.367 e. The van der Waals surface area contributed by atoms with Gasteiger partial charge in [-0.1, -0.05) is 43.9 Å². The van der Waals surface area contributed by atoms with E-state index in [1.54, 1.807) is 0 Å². The molecule has 0 amide bonds. The summed E-state index contributed by atoms with van der Waals surface area (Å²) in [6.45, 7) is 5.61. The van der Waals surface area contributed by atoms with Crippen molar-refractivity contribution in [2.45, 2.75) is 64.5 Å². The maximum atomic E-state index is 3.58. The Hall–Kier alpha value is -1.02. The number of likely N-dealkylation sites (N-methyl/N-ethyl adjacent to an activating group) is 2. The maximum absolute atomic E-state index is 3.58. The molecule has 0 bridgehead atoms. The molecule has 1 saturated carbocycles. The average Bonchev–Trinajstić information content (AvgIpc) is 2.44. The average molecular weight is 274 g/mol. The molecule has 0 spiro atoms. The van der Waals surface area contributed by atoms with Gasteiger partial charge in [0.2, 0.25) is 0 Å². The summed E-state index contributed by atoms with van der Waals surface area (Å²) in [5, 5.41) is 3.58. The highest BCUT2D eigenvalue weighted by Crippen LogP contribution is 2.28. The summed E-state index contributed by atoms with van der Waals surface area (Å²) in [6, 6.07) is 10.1. The van der Waals surface area contributed by atoms with Gasteiger partial charge in [0.1, 0.15) is 0 Å². The molecule has 112 valence electrons. The van der Waals surface area contributed by atoms with Gasteiger partial charge >= 0.3 is 0 Å². The first-order valence-electron chi connectivity index (χ1n) is 8.27. The molecule has 2 unspecified atom stereocenters. The second kappa shape index (κ2) is 7.68. The van der Waals surface area contributed by atoms with Crippen molar-refractivity contribution in [3.63, 3.8) is 0 Å². The van der Waals surface area contributed by atoms with Gasteiger partial charge in [-0.25, -0.2) is 0 Å². The predicted molar refractivity (Wildman–Crippen MR) is 88.5 cm³/mol. The fourth-order valence-corrected chi connectivity index (χ4v) is 3.64. The van der Waals surface area contributed by atoms with Gasteiger partial charge in [-0.05, 0) is 45.4 Å². The van der Waals surface area contributed by atoms with Crippen molar-refractivity contribution >= 4 is 5.69 Å². The van der Waals surface area contributed by atoms with Crippen LogP contribution < -0.4 is 10.2 Å². The van der Waals surface area contributed by atoms with Crippen LogP contribution in [0.3, 0.4) is 0 Å². The summed E-state index contributed by atoms with van der Waals surface area (Å²) < 4.78 is 0. The normalized spacial score (nSPS) is 23.9. The fourth-order valence-electron chi connectivity index (χ4n) is 3.64. The number of hydrogen-bond acceptors (Lipinski definition) is 2. The van der Waals surface area contributed by atoms with E-state index >= 15 is 0 Å². The molecule has 0 aliphatic heterocycles. The van der Waals surface area contributed by atoms with Crippen molar-refractivity contribution in [2.75, 3.05) is 18.5 Å². The van der Waals surface area contributed by atoms with Crippen molar-refractivity contribution in [2.24, 2.45) is 0 Å². The molecule has 0 radical (unpaired) electrons. The van der Waals surface area contributed by atoms with E-state index in [2.05, 4.69) is 55.4 Å². The van der Waals surface area contributed by atoms with Crippen LogP contribution in [0, 0.1) is 6.92 Å². The van der Waals surface area contributed by atoms with Crippen LogP contribution in [-0.2, 0) is 0 Å². The topological polar surface area (TPSA) is 15.3 Å². The van der Waals surface area contributed by atoms with Gasteiger partial charge < -0.3 is 10.2 Å². The standard InChI is InChI=1S/C18H30N2/c1-4-20(17-13-10-9-11-15(17)2)18-14-8-6-5-7-12-16(18)19-3/h9-11,13,16,18-19H,4-8,12,14H2,1-3H3. The SMILES string of the molecule is CCN(c1ccccc1C)C1CCCCCCC1NC. The van der Waals surface area contributed by atoms with E-state index in [9.17, 15) is 0 Å². The van der Waals surface area contributed by atoms with Crippen molar-refractivity contribution in [1.29, 1.82) is 0 Å². The minimum absolute atomic E-state index is 0.620. The molecule has 2 atom stereocenters. The third kappa shape index (κ3) is 3.54. The minimum atomic E-state index is 0.620. The van der Waals surface area contributed by atoms with Crippen molar-refractivity contribution in [3.05, 3.63) is 29.8 Å². The zero-order valence-corrected chi connectivity index (χ0v) is 13.4. The minimum Gasteiger partial charge on any atom is -0.367 e. The molecule has 0 heterocycles. The van der Waals surface area contributed by atoms with Crippen LogP contribution in [0.4, 0.5) is 5.69 Å². The van der Waals surface area contributed by atoms with E-state index in [-0.39, 0.29) is 0 Å². The van der Waals surface area contributed by atoms with Gasteiger partial charge in [0.05, 0.1) is 0 Å². The van der Waals surface area contributed by atoms with Crippen LogP contribution in [-0.4, -0.2) is 25.7 Å². The Balaban J connectivity index is 2.24. The second-order valence-corrected chi connectivity index (χ2v) is 6.03. The Labute approximate surface area is 124 Å². The first kappa shape index (κ1) is 15.4. The summed E-state index contributed by atoms with van der Waals surface area (Å²) in [5.74, 6) is 0. The van der Waals surface area contributed by atoms with Gasteiger partial charge in [-0.15, -0.1) is 0 Å². The number of hydrogen-bond donors (Lipinski definition) is 1. The molecule has 1 aliphatic carbocycles. The van der Waals surface area contributed by atoms with E-state index < -0.39 is 0 Å². The lowest BCUT2D eigenvalue weighted by Gasteiger charge is -2.40. The van der Waals surface area contributed by atoms with E-state index in [0.29, 0.717) is 12.1 Å². The number of anilines is 1. The lowest BCUT2D eigenvalue weighted by Crippen LogP contribution is -2.50. The molecular formula is C18H30N2. The van der Waals surface area contributed by atoms with Gasteiger partial charge in [0, 0.05) is 24.3 Å². The molecule has 1 aromatic rings. The first-order chi connectivity index (χ1) is 9.77. The number of benzene rings is 1. The highest BCUT2D eigenvalue weighted by molar-refractivity contribution is 5.54. The number of nitrogens with one attached hydrogen (secondary N) is 1. The Morgan fingerprint density at radius 1 is 1.10 bits per heavy atom. The van der Waals surface area contributed by atoms with E-state index in [1.165, 1.54) is 49.8 Å². The zero-order chi connectivity index (χ0) is 14.4. The molecule has 0 aromatic heterocycles. The monoisotopic (exact) mass is 274 g/mol. The molecule has 2 rings (SSSR count). The Bertz CT molecular complexity index is 402.